The molecule has 3 aromatic carbocycles. The van der Waals surface area contributed by atoms with Crippen LogP contribution in [0.4, 0.5) is 8.78 Å². The number of amides is 3. The number of benzene rings is 3. The van der Waals surface area contributed by atoms with Gasteiger partial charge in [-0.1, -0.05) is 36.4 Å². The van der Waals surface area contributed by atoms with E-state index in [9.17, 15) is 23.2 Å². The van der Waals surface area contributed by atoms with Gasteiger partial charge in [-0.15, -0.1) is 0 Å². The number of furan rings is 1. The predicted molar refractivity (Wildman–Crippen MR) is 155 cm³/mol. The maximum absolute atomic E-state index is 14.5. The Morgan fingerprint density at radius 1 is 0.955 bits per heavy atom. The second-order valence-electron chi connectivity index (χ2n) is 11.5. The quantitative estimate of drug-likeness (QED) is 0.366. The zero-order valence-electron chi connectivity index (χ0n) is 23.7. The second kappa shape index (κ2) is 11.0. The molecule has 4 aliphatic rings. The number of nitrogens with zero attached hydrogens (tertiary/aromatic N) is 2. The first-order valence-electron chi connectivity index (χ1n) is 14.5. The van der Waals surface area contributed by atoms with E-state index in [2.05, 4.69) is 5.32 Å². The number of hydrogen-bond acceptors (Lipinski definition) is 6. The van der Waals surface area contributed by atoms with Crippen LogP contribution in [0.25, 0.3) is 11.0 Å². The van der Waals surface area contributed by atoms with Gasteiger partial charge in [0.25, 0.3) is 11.8 Å². The van der Waals surface area contributed by atoms with Crippen LogP contribution in [0.1, 0.15) is 38.8 Å². The molecule has 0 saturated carbocycles. The highest BCUT2D eigenvalue weighted by atomic mass is 19.2. The van der Waals surface area contributed by atoms with Crippen LogP contribution >= 0.6 is 0 Å². The summed E-state index contributed by atoms with van der Waals surface area (Å²) in [5.74, 6) is -2.77. The SMILES string of the molecule is O=C1CN(C(=O)c2cccc(F)c2F)CCCOc2cccc3c2OC[C@@]2(CN1)CN(C(=O)c1cc4ccccc4o1)C[C@@H]32. The Balaban J connectivity index is 1.19. The summed E-state index contributed by atoms with van der Waals surface area (Å²) in [6, 6.07) is 18.1. The Labute approximate surface area is 251 Å². The van der Waals surface area contributed by atoms with Gasteiger partial charge in [-0.3, -0.25) is 14.4 Å². The van der Waals surface area contributed by atoms with E-state index in [1.807, 2.05) is 36.4 Å². The van der Waals surface area contributed by atoms with E-state index < -0.39 is 34.4 Å². The number of likely N-dealkylation sites (tertiary alicyclic amines) is 1. The van der Waals surface area contributed by atoms with E-state index in [1.165, 1.54) is 17.0 Å². The fraction of sp³-hybridized carbons (Fsp3) is 0.303. The minimum Gasteiger partial charge on any atom is -0.490 e. The standard InChI is InChI=1S/C33H29F2N3O6/c34-24-9-3-8-22(29(24)35)31(40)37-12-5-13-42-26-11-4-7-21-23-15-38(32(41)27-14-20-6-1-2-10-25(20)44-27)18-33(23,19-43-30(21)26)17-36-28(39)16-37/h1-4,6-11,14,23H,5,12-13,15-19H2,(H,36,39)/t23-,33+/m0/s1. The zero-order chi connectivity index (χ0) is 30.4. The lowest BCUT2D eigenvalue weighted by Crippen LogP contribution is -2.50. The molecule has 0 unspecified atom stereocenters. The maximum Gasteiger partial charge on any atom is 0.289 e. The van der Waals surface area contributed by atoms with Gasteiger partial charge in [0.05, 0.1) is 25.3 Å². The summed E-state index contributed by atoms with van der Waals surface area (Å²) in [5.41, 5.74) is 0.374. The molecule has 44 heavy (non-hydrogen) atoms. The first-order chi connectivity index (χ1) is 21.3. The number of rotatable bonds is 2. The van der Waals surface area contributed by atoms with Crippen molar-refractivity contribution in [3.8, 4) is 11.5 Å². The van der Waals surface area contributed by atoms with Crippen LogP contribution in [0.2, 0.25) is 0 Å². The third-order valence-electron chi connectivity index (χ3n) is 8.73. The molecule has 1 fully saturated rings. The molecule has 1 aromatic heterocycles. The van der Waals surface area contributed by atoms with Crippen LogP contribution in [-0.4, -0.2) is 73.5 Å². The Kier molecular flexibility index (Phi) is 6.95. The Morgan fingerprint density at radius 3 is 2.66 bits per heavy atom. The minimum absolute atomic E-state index is 0.0750. The van der Waals surface area contributed by atoms with Crippen molar-refractivity contribution in [1.82, 2.24) is 15.1 Å². The molecule has 3 amide bonds. The molecular weight excluding hydrogens is 572 g/mol. The molecule has 2 atom stereocenters. The van der Waals surface area contributed by atoms with E-state index in [-0.39, 0.29) is 57.0 Å². The van der Waals surface area contributed by atoms with Crippen LogP contribution in [0.5, 0.6) is 11.5 Å². The van der Waals surface area contributed by atoms with Crippen LogP contribution in [0, 0.1) is 17.0 Å². The van der Waals surface area contributed by atoms with Crippen molar-refractivity contribution < 1.29 is 37.1 Å². The predicted octanol–water partition coefficient (Wildman–Crippen LogP) is 4.37. The lowest BCUT2D eigenvalue weighted by Gasteiger charge is -2.40. The number of para-hydroxylation sites is 2. The van der Waals surface area contributed by atoms with Gasteiger partial charge >= 0.3 is 0 Å². The number of hydrogen-bond donors (Lipinski definition) is 1. The number of carbonyl (C=O) groups is 3. The zero-order valence-corrected chi connectivity index (χ0v) is 23.7. The average Bonchev–Trinajstić information content (AvgIpc) is 3.65. The Morgan fingerprint density at radius 2 is 1.80 bits per heavy atom. The Bertz CT molecular complexity index is 1760. The number of nitrogens with one attached hydrogen (secondary N) is 1. The van der Waals surface area contributed by atoms with E-state index >= 15 is 0 Å². The molecule has 226 valence electrons. The highest BCUT2D eigenvalue weighted by Gasteiger charge is 2.53. The van der Waals surface area contributed by atoms with Gasteiger partial charge in [0.1, 0.15) is 5.58 Å². The molecule has 1 saturated heterocycles. The van der Waals surface area contributed by atoms with Crippen molar-refractivity contribution in [3.05, 3.63) is 95.3 Å². The molecule has 4 bridgehead atoms. The molecule has 5 heterocycles. The van der Waals surface area contributed by atoms with Gasteiger partial charge in [-0.2, -0.15) is 0 Å². The minimum atomic E-state index is -1.26. The van der Waals surface area contributed by atoms with Gasteiger partial charge in [-0.25, -0.2) is 8.78 Å². The maximum atomic E-state index is 14.5. The first-order valence-corrected chi connectivity index (χ1v) is 14.5. The molecule has 8 rings (SSSR count). The van der Waals surface area contributed by atoms with Crippen LogP contribution < -0.4 is 14.8 Å². The molecule has 1 N–H and O–H groups in total. The number of carbonyl (C=O) groups excluding carboxylic acids is 3. The number of ether oxygens (including phenoxy) is 2. The highest BCUT2D eigenvalue weighted by molar-refractivity contribution is 5.97. The molecule has 4 aliphatic heterocycles. The largest absolute Gasteiger partial charge is 0.490 e. The summed E-state index contributed by atoms with van der Waals surface area (Å²) >= 11 is 0. The molecule has 11 heteroatoms. The molecule has 1 spiro atoms. The number of halogens is 2. The third kappa shape index (κ3) is 4.82. The van der Waals surface area contributed by atoms with Crippen molar-refractivity contribution >= 4 is 28.7 Å². The van der Waals surface area contributed by atoms with E-state index in [0.29, 0.717) is 30.0 Å². The third-order valence-corrected chi connectivity index (χ3v) is 8.73. The van der Waals surface area contributed by atoms with Crippen molar-refractivity contribution in [3.63, 3.8) is 0 Å². The second-order valence-corrected chi connectivity index (χ2v) is 11.5. The molecule has 9 nitrogen and oxygen atoms in total. The molecule has 4 aromatic rings. The van der Waals surface area contributed by atoms with Crippen molar-refractivity contribution in [2.45, 2.75) is 12.3 Å². The van der Waals surface area contributed by atoms with Crippen LogP contribution in [0.15, 0.2) is 71.1 Å². The lowest BCUT2D eigenvalue weighted by atomic mass is 9.73. The van der Waals surface area contributed by atoms with E-state index in [0.717, 1.165) is 17.0 Å². The summed E-state index contributed by atoms with van der Waals surface area (Å²) in [4.78, 5) is 43.2. The molecule has 0 aliphatic carbocycles. The monoisotopic (exact) mass is 601 g/mol. The Hall–Kier alpha value is -4.93. The fourth-order valence-electron chi connectivity index (χ4n) is 6.50. The van der Waals surface area contributed by atoms with Crippen LogP contribution in [-0.2, 0) is 4.79 Å². The topological polar surface area (TPSA) is 101 Å². The smallest absolute Gasteiger partial charge is 0.289 e. The summed E-state index contributed by atoms with van der Waals surface area (Å²) in [6.07, 6.45) is 0.326. The van der Waals surface area contributed by atoms with Crippen LogP contribution in [0.3, 0.4) is 0 Å². The van der Waals surface area contributed by atoms with Crippen molar-refractivity contribution in [1.29, 1.82) is 0 Å². The fourth-order valence-corrected chi connectivity index (χ4v) is 6.50. The van der Waals surface area contributed by atoms with Gasteiger partial charge in [0.15, 0.2) is 28.9 Å². The lowest BCUT2D eigenvalue weighted by molar-refractivity contribution is -0.122. The van der Waals surface area contributed by atoms with E-state index in [1.54, 1.807) is 17.0 Å². The van der Waals surface area contributed by atoms with Crippen molar-refractivity contribution in [2.24, 2.45) is 5.41 Å². The van der Waals surface area contributed by atoms with Gasteiger partial charge in [0, 0.05) is 48.5 Å². The highest BCUT2D eigenvalue weighted by Crippen LogP contribution is 2.52. The summed E-state index contributed by atoms with van der Waals surface area (Å²) in [6.45, 7) is 0.918. The average molecular weight is 602 g/mol. The van der Waals surface area contributed by atoms with Gasteiger partial charge < -0.3 is 29.0 Å². The van der Waals surface area contributed by atoms with Gasteiger partial charge in [0.2, 0.25) is 5.91 Å². The molecular formula is C33H29F2N3O6. The van der Waals surface area contributed by atoms with Crippen molar-refractivity contribution in [2.75, 3.05) is 45.9 Å². The summed E-state index contributed by atoms with van der Waals surface area (Å²) in [5, 5.41) is 3.77. The normalized spacial score (nSPS) is 21.7. The van der Waals surface area contributed by atoms with E-state index in [4.69, 9.17) is 13.9 Å². The molecule has 0 radical (unpaired) electrons. The summed E-state index contributed by atoms with van der Waals surface area (Å²) in [7, 11) is 0. The first kappa shape index (κ1) is 27.9. The number of fused-ring (bicyclic) bond motifs is 10. The van der Waals surface area contributed by atoms with Gasteiger partial charge in [-0.05, 0) is 36.8 Å². The summed E-state index contributed by atoms with van der Waals surface area (Å²) < 4.78 is 46.6.